The Balaban J connectivity index is 1.14. The number of hydrogen-bond donors (Lipinski definition) is 5. The van der Waals surface area contributed by atoms with E-state index in [1.165, 1.54) is 11.8 Å². The number of pyridine rings is 2. The van der Waals surface area contributed by atoms with Crippen LogP contribution >= 0.6 is 0 Å². The average Bonchev–Trinajstić information content (AvgIpc) is 3.63. The van der Waals surface area contributed by atoms with Crippen molar-refractivity contribution in [1.82, 2.24) is 15.3 Å². The maximum absolute atomic E-state index is 11.0. The molecule has 0 amide bonds. The van der Waals surface area contributed by atoms with E-state index in [0.29, 0.717) is 61.1 Å². The molecule has 0 saturated heterocycles. The zero-order valence-electron chi connectivity index (χ0n) is 32.8. The highest BCUT2D eigenvalue weighted by molar-refractivity contribution is 5.80. The second-order valence-electron chi connectivity index (χ2n) is 14.6. The van der Waals surface area contributed by atoms with Gasteiger partial charge in [-0.2, -0.15) is 10.2 Å². The van der Waals surface area contributed by atoms with Crippen LogP contribution in [0.1, 0.15) is 71.6 Å². The molecule has 0 bridgehead atoms. The third-order valence-electron chi connectivity index (χ3n) is 10.2. The summed E-state index contributed by atoms with van der Waals surface area (Å²) in [5.74, 6) is -0.615. The van der Waals surface area contributed by atoms with Gasteiger partial charge < -0.3 is 40.0 Å². The number of hydrogen-bond acceptors (Lipinski definition) is 11. The second kappa shape index (κ2) is 20.4. The molecule has 0 saturated carbocycles. The van der Waals surface area contributed by atoms with Crippen LogP contribution in [-0.4, -0.2) is 74.2 Å². The molecule has 306 valence electrons. The molecule has 3 atom stereocenters. The number of aromatic nitrogens is 2. The third-order valence-corrected chi connectivity index (χ3v) is 10.2. The zero-order valence-corrected chi connectivity index (χ0v) is 32.8. The number of aliphatic hydroxyl groups is 2. The molecule has 0 radical (unpaired) electrons. The highest BCUT2D eigenvalue weighted by Gasteiger charge is 2.28. The van der Waals surface area contributed by atoms with E-state index in [0.717, 1.165) is 51.8 Å². The van der Waals surface area contributed by atoms with E-state index in [4.69, 9.17) is 29.4 Å². The molecule has 5 aromatic rings. The van der Waals surface area contributed by atoms with E-state index >= 15 is 0 Å². The molecular formula is C46H48N4O9. The van der Waals surface area contributed by atoms with Crippen LogP contribution in [0.5, 0.6) is 17.5 Å². The number of carboxylic acids is 2. The third kappa shape index (κ3) is 11.6. The molecular weight excluding hydrogens is 753 g/mol. The highest BCUT2D eigenvalue weighted by atomic mass is 16.5. The minimum absolute atomic E-state index is 0.128. The van der Waals surface area contributed by atoms with Crippen LogP contribution in [0, 0.1) is 18.3 Å². The van der Waals surface area contributed by atoms with Crippen molar-refractivity contribution in [3.63, 3.8) is 0 Å². The topological polar surface area (TPSA) is 204 Å². The van der Waals surface area contributed by atoms with Gasteiger partial charge in [-0.3, -0.25) is 14.6 Å². The van der Waals surface area contributed by atoms with Gasteiger partial charge in [0.25, 0.3) is 0 Å². The Morgan fingerprint density at radius 3 is 2.44 bits per heavy atom. The number of carboxylic acid groups (broad SMARTS) is 2. The smallest absolute Gasteiger partial charge is 0.306 e. The summed E-state index contributed by atoms with van der Waals surface area (Å²) < 4.78 is 18.6. The summed E-state index contributed by atoms with van der Waals surface area (Å²) in [5.41, 5.74) is 9.83. The van der Waals surface area contributed by atoms with Gasteiger partial charge in [0.2, 0.25) is 11.8 Å². The van der Waals surface area contributed by atoms with Crippen molar-refractivity contribution in [3.8, 4) is 45.8 Å². The Morgan fingerprint density at radius 2 is 1.66 bits per heavy atom. The number of ether oxygens (including phenoxy) is 3. The maximum Gasteiger partial charge on any atom is 0.306 e. The number of fused-ring (bicyclic) bond motifs is 1. The Morgan fingerprint density at radius 1 is 0.915 bits per heavy atom. The molecule has 5 N–H and O–H groups in total. The maximum atomic E-state index is 11.0. The first kappa shape index (κ1) is 42.3. The van der Waals surface area contributed by atoms with Crippen molar-refractivity contribution in [2.24, 2.45) is 0 Å². The predicted octanol–water partition coefficient (Wildman–Crippen LogP) is 6.60. The first-order valence-electron chi connectivity index (χ1n) is 19.7. The number of aryl methyl sites for hydroxylation is 1. The molecule has 13 nitrogen and oxygen atoms in total. The average molecular weight is 801 g/mol. The van der Waals surface area contributed by atoms with Crippen LogP contribution in [-0.2, 0) is 29.0 Å². The number of benzene rings is 3. The molecule has 0 aliphatic heterocycles. The molecule has 2 heterocycles. The Kier molecular flexibility index (Phi) is 14.6. The standard InChI is InChI=1S/C46H48N4O9/c1-29-37(32-11-14-36(15-12-32)57-20-19-48-27-35(52)23-45(55)56)7-3-8-38(29)39-9-4-10-41-40(39)16-17-42(41)59-43-18-13-33(5-2-6-34(51)22-44(53)54)46(50-43)58-28-31-21-30(24-47)25-49-26-31/h3-4,7-15,18,21,25-26,34-35,42,48,51-52H,2,5-6,16-17,19-20,22-23,27-28H2,1H3,(H,53,54)(H,55,56)/t34-,35+,42+/m1/s1. The predicted molar refractivity (Wildman–Crippen MR) is 219 cm³/mol. The lowest BCUT2D eigenvalue weighted by atomic mass is 9.89. The highest BCUT2D eigenvalue weighted by Crippen LogP contribution is 2.42. The molecule has 0 unspecified atom stereocenters. The van der Waals surface area contributed by atoms with Crippen molar-refractivity contribution < 1.29 is 44.2 Å². The van der Waals surface area contributed by atoms with Gasteiger partial charge >= 0.3 is 11.9 Å². The van der Waals surface area contributed by atoms with Gasteiger partial charge in [-0.1, -0.05) is 48.5 Å². The number of carbonyl (C=O) groups is 2. The van der Waals surface area contributed by atoms with E-state index in [9.17, 15) is 25.1 Å². The zero-order chi connectivity index (χ0) is 41.7. The lowest BCUT2D eigenvalue weighted by molar-refractivity contribution is -0.140. The second-order valence-corrected chi connectivity index (χ2v) is 14.6. The number of aliphatic hydroxyl groups excluding tert-OH is 2. The van der Waals surface area contributed by atoms with Gasteiger partial charge in [0.1, 0.15) is 31.1 Å². The van der Waals surface area contributed by atoms with Crippen LogP contribution in [0.25, 0.3) is 22.3 Å². The van der Waals surface area contributed by atoms with Crippen LogP contribution < -0.4 is 19.5 Å². The van der Waals surface area contributed by atoms with E-state index in [-0.39, 0.29) is 32.1 Å². The van der Waals surface area contributed by atoms with Crippen molar-refractivity contribution in [2.45, 2.75) is 76.8 Å². The number of nitrogens with zero attached hydrogens (tertiary/aromatic N) is 3. The molecule has 0 spiro atoms. The van der Waals surface area contributed by atoms with Gasteiger partial charge in [-0.25, -0.2) is 0 Å². The van der Waals surface area contributed by atoms with Crippen molar-refractivity contribution in [3.05, 3.63) is 125 Å². The van der Waals surface area contributed by atoms with Crippen molar-refractivity contribution >= 4 is 11.9 Å². The van der Waals surface area contributed by atoms with Gasteiger partial charge in [0, 0.05) is 42.7 Å². The fourth-order valence-corrected chi connectivity index (χ4v) is 7.34. The van der Waals surface area contributed by atoms with Crippen LogP contribution in [0.2, 0.25) is 0 Å². The van der Waals surface area contributed by atoms with Gasteiger partial charge in [-0.15, -0.1) is 0 Å². The molecule has 2 aromatic heterocycles. The summed E-state index contributed by atoms with van der Waals surface area (Å²) in [6, 6.07) is 28.1. The van der Waals surface area contributed by atoms with Crippen molar-refractivity contribution in [1.29, 1.82) is 5.26 Å². The molecule has 13 heteroatoms. The van der Waals surface area contributed by atoms with E-state index in [2.05, 4.69) is 59.7 Å². The SMILES string of the molecule is Cc1c(-c2ccc(OCCNC[C@@H](O)CC(=O)O)cc2)cccc1-c1cccc2c1CC[C@@H]2Oc1ccc(CCC[C@@H](O)CC(=O)O)c(OCc2cncc(C#N)c2)n1. The van der Waals surface area contributed by atoms with Crippen LogP contribution in [0.3, 0.4) is 0 Å². The lowest BCUT2D eigenvalue weighted by Gasteiger charge is -2.18. The number of rotatable bonds is 21. The summed E-state index contributed by atoms with van der Waals surface area (Å²) in [6.45, 7) is 3.28. The normalized spacial score (nSPS) is 14.2. The lowest BCUT2D eigenvalue weighted by Crippen LogP contribution is -2.31. The van der Waals surface area contributed by atoms with Gasteiger partial charge in [0.05, 0.1) is 30.6 Å². The summed E-state index contributed by atoms with van der Waals surface area (Å²) >= 11 is 0. The molecule has 3 aromatic carbocycles. The minimum Gasteiger partial charge on any atom is -0.492 e. The number of aliphatic carboxylic acids is 2. The molecule has 0 fully saturated rings. The summed E-state index contributed by atoms with van der Waals surface area (Å²) in [7, 11) is 0. The first-order valence-corrected chi connectivity index (χ1v) is 19.7. The van der Waals surface area contributed by atoms with Crippen molar-refractivity contribution in [2.75, 3.05) is 19.7 Å². The molecule has 1 aliphatic rings. The Bertz CT molecular complexity index is 2270. The Hall–Kier alpha value is -6.33. The molecule has 1 aliphatic carbocycles. The summed E-state index contributed by atoms with van der Waals surface area (Å²) in [5, 5.41) is 49.9. The fraction of sp³-hybridized carbons (Fsp3) is 0.326. The van der Waals surface area contributed by atoms with E-state index in [1.54, 1.807) is 12.3 Å². The number of nitriles is 1. The fourth-order valence-electron chi connectivity index (χ4n) is 7.34. The first-order chi connectivity index (χ1) is 28.6. The quantitative estimate of drug-likeness (QED) is 0.0497. The minimum atomic E-state index is -1.05. The largest absolute Gasteiger partial charge is 0.492 e. The van der Waals surface area contributed by atoms with E-state index in [1.807, 2.05) is 36.4 Å². The number of nitrogens with one attached hydrogen (secondary N) is 1. The van der Waals surface area contributed by atoms with Crippen LogP contribution in [0.4, 0.5) is 0 Å². The molecule has 6 rings (SSSR count). The van der Waals surface area contributed by atoms with E-state index < -0.39 is 24.1 Å². The Labute approximate surface area is 342 Å². The van der Waals surface area contributed by atoms with Crippen LogP contribution in [0.15, 0.2) is 91.3 Å². The van der Waals surface area contributed by atoms with Gasteiger partial charge in [0.15, 0.2) is 0 Å². The van der Waals surface area contributed by atoms with Gasteiger partial charge in [-0.05, 0) is 102 Å². The molecule has 59 heavy (non-hydrogen) atoms. The monoisotopic (exact) mass is 800 g/mol. The summed E-state index contributed by atoms with van der Waals surface area (Å²) in [4.78, 5) is 30.6. The summed E-state index contributed by atoms with van der Waals surface area (Å²) in [6.07, 6.45) is 3.30.